The summed E-state index contributed by atoms with van der Waals surface area (Å²) in [4.78, 5) is 9.97. The molecule has 1 heterocycles. The zero-order valence-electron chi connectivity index (χ0n) is 5.51. The lowest BCUT2D eigenvalue weighted by molar-refractivity contribution is -0.257. The molecular weight excluding hydrogens is 177 g/mol. The number of carbonyl (C=O) groups excluding carboxylic acids is 1. The van der Waals surface area contributed by atoms with Crippen LogP contribution in [0.3, 0.4) is 0 Å². The van der Waals surface area contributed by atoms with Crippen molar-refractivity contribution in [2.45, 2.75) is 6.18 Å². The molecule has 0 aliphatic carbocycles. The highest BCUT2D eigenvalue weighted by Crippen LogP contribution is 2.30. The molecule has 0 unspecified atom stereocenters. The number of halogens is 3. The van der Waals surface area contributed by atoms with Crippen molar-refractivity contribution < 1.29 is 27.5 Å². The van der Waals surface area contributed by atoms with Crippen molar-refractivity contribution in [1.82, 2.24) is 0 Å². The molecule has 0 aliphatic rings. The first-order chi connectivity index (χ1) is 5.41. The summed E-state index contributed by atoms with van der Waals surface area (Å²) in [5.41, 5.74) is 0. The number of carboxylic acids is 1. The van der Waals surface area contributed by atoms with Crippen LogP contribution in [-0.2, 0) is 6.18 Å². The molecule has 1 aromatic heterocycles. The van der Waals surface area contributed by atoms with Gasteiger partial charge in [-0.2, -0.15) is 13.2 Å². The molecule has 0 aliphatic heterocycles. The Morgan fingerprint density at radius 2 is 2.00 bits per heavy atom. The molecule has 0 spiro atoms. The Bertz CT molecular complexity index is 299. The van der Waals surface area contributed by atoms with E-state index < -0.39 is 23.7 Å². The minimum absolute atomic E-state index is 0.533. The van der Waals surface area contributed by atoms with Gasteiger partial charge in [0.2, 0.25) is 5.76 Å². The van der Waals surface area contributed by atoms with Crippen LogP contribution in [0.1, 0.15) is 16.3 Å². The minimum atomic E-state index is -4.66. The quantitative estimate of drug-likeness (QED) is 0.636. The van der Waals surface area contributed by atoms with E-state index in [0.717, 1.165) is 0 Å². The van der Waals surface area contributed by atoms with Gasteiger partial charge in [-0.1, -0.05) is 0 Å². The van der Waals surface area contributed by atoms with Gasteiger partial charge in [0.1, 0.15) is 11.7 Å². The Labute approximate surface area is 64.4 Å². The number of alkyl halides is 3. The molecule has 6 heteroatoms. The fourth-order valence-electron chi connectivity index (χ4n) is 0.600. The molecule has 0 bridgehead atoms. The van der Waals surface area contributed by atoms with E-state index in [-0.39, 0.29) is 0 Å². The summed E-state index contributed by atoms with van der Waals surface area (Å²) in [7, 11) is 0. The second-order valence-corrected chi connectivity index (χ2v) is 1.95. The van der Waals surface area contributed by atoms with Crippen molar-refractivity contribution >= 4 is 5.97 Å². The molecule has 66 valence electrons. The van der Waals surface area contributed by atoms with Gasteiger partial charge in [-0.25, -0.2) is 0 Å². The van der Waals surface area contributed by atoms with Crippen LogP contribution in [0.2, 0.25) is 0 Å². The molecule has 0 saturated carbocycles. The molecule has 1 rings (SSSR count). The molecular formula is C6H2F3O3-. The van der Waals surface area contributed by atoms with Crippen LogP contribution >= 0.6 is 0 Å². The number of hydrogen-bond donors (Lipinski definition) is 0. The topological polar surface area (TPSA) is 53.3 Å². The van der Waals surface area contributed by atoms with Crippen LogP contribution in [0, 0.1) is 0 Å². The van der Waals surface area contributed by atoms with E-state index in [4.69, 9.17) is 0 Å². The molecule has 12 heavy (non-hydrogen) atoms. The van der Waals surface area contributed by atoms with E-state index in [1.807, 2.05) is 0 Å². The SMILES string of the molecule is O=C([O-])c1ccc(C(F)(F)F)o1. The number of furan rings is 1. The lowest BCUT2D eigenvalue weighted by atomic mass is 10.4. The highest BCUT2D eigenvalue weighted by molar-refractivity contribution is 5.82. The van der Waals surface area contributed by atoms with Crippen LogP contribution in [0.15, 0.2) is 16.5 Å². The lowest BCUT2D eigenvalue weighted by Gasteiger charge is -2.00. The molecule has 0 N–H and O–H groups in total. The zero-order chi connectivity index (χ0) is 9.35. The third-order valence-corrected chi connectivity index (χ3v) is 1.09. The van der Waals surface area contributed by atoms with Crippen molar-refractivity contribution in [3.63, 3.8) is 0 Å². The molecule has 0 saturated heterocycles. The Kier molecular flexibility index (Phi) is 1.83. The van der Waals surface area contributed by atoms with Crippen molar-refractivity contribution in [2.75, 3.05) is 0 Å². The van der Waals surface area contributed by atoms with Gasteiger partial charge in [0.15, 0.2) is 0 Å². The van der Waals surface area contributed by atoms with E-state index >= 15 is 0 Å². The van der Waals surface area contributed by atoms with Crippen molar-refractivity contribution in [3.05, 3.63) is 23.7 Å². The van der Waals surface area contributed by atoms with Gasteiger partial charge in [0, 0.05) is 0 Å². The molecule has 0 atom stereocenters. The predicted octanol–water partition coefficient (Wildman–Crippen LogP) is 0.662. The zero-order valence-corrected chi connectivity index (χ0v) is 5.51. The van der Waals surface area contributed by atoms with Crippen LogP contribution in [-0.4, -0.2) is 5.97 Å². The predicted molar refractivity (Wildman–Crippen MR) is 28.0 cm³/mol. The van der Waals surface area contributed by atoms with Crippen LogP contribution in [0.4, 0.5) is 13.2 Å². The maximum atomic E-state index is 11.8. The van der Waals surface area contributed by atoms with Gasteiger partial charge < -0.3 is 14.3 Å². The molecule has 0 fully saturated rings. The number of carboxylic acid groups (broad SMARTS) is 1. The maximum Gasteiger partial charge on any atom is 0.449 e. The summed E-state index contributed by atoms with van der Waals surface area (Å²) in [6, 6.07) is 1.23. The van der Waals surface area contributed by atoms with Crippen molar-refractivity contribution in [3.8, 4) is 0 Å². The average Bonchev–Trinajstić information content (AvgIpc) is 2.30. The van der Waals surface area contributed by atoms with E-state index in [9.17, 15) is 23.1 Å². The lowest BCUT2D eigenvalue weighted by Crippen LogP contribution is -2.21. The van der Waals surface area contributed by atoms with E-state index in [1.54, 1.807) is 0 Å². The summed E-state index contributed by atoms with van der Waals surface area (Å²) in [6.45, 7) is 0. The van der Waals surface area contributed by atoms with Crippen LogP contribution in [0.25, 0.3) is 0 Å². The molecule has 3 nitrogen and oxygen atoms in total. The largest absolute Gasteiger partial charge is 0.542 e. The van der Waals surface area contributed by atoms with E-state index in [0.29, 0.717) is 12.1 Å². The molecule has 0 aromatic carbocycles. The van der Waals surface area contributed by atoms with Crippen LogP contribution < -0.4 is 5.11 Å². The van der Waals surface area contributed by atoms with Crippen molar-refractivity contribution in [2.24, 2.45) is 0 Å². The van der Waals surface area contributed by atoms with Gasteiger partial charge >= 0.3 is 6.18 Å². The molecule has 0 amide bonds. The summed E-state index contributed by atoms with van der Waals surface area (Å²) in [5, 5.41) is 9.97. The fourth-order valence-corrected chi connectivity index (χ4v) is 0.600. The summed E-state index contributed by atoms with van der Waals surface area (Å²) in [6.07, 6.45) is -4.66. The summed E-state index contributed by atoms with van der Waals surface area (Å²) < 4.78 is 39.2. The molecule has 0 radical (unpaired) electrons. The smallest absolute Gasteiger partial charge is 0.449 e. The van der Waals surface area contributed by atoms with E-state index in [1.165, 1.54) is 0 Å². The summed E-state index contributed by atoms with van der Waals surface area (Å²) >= 11 is 0. The second-order valence-electron chi connectivity index (χ2n) is 1.95. The first kappa shape index (κ1) is 8.63. The van der Waals surface area contributed by atoms with Gasteiger partial charge in [-0.3, -0.25) is 0 Å². The third-order valence-electron chi connectivity index (χ3n) is 1.09. The van der Waals surface area contributed by atoms with Crippen molar-refractivity contribution in [1.29, 1.82) is 0 Å². The van der Waals surface area contributed by atoms with Crippen LogP contribution in [0.5, 0.6) is 0 Å². The third kappa shape index (κ3) is 1.58. The molecule has 1 aromatic rings. The highest BCUT2D eigenvalue weighted by Gasteiger charge is 2.34. The number of aromatic carboxylic acids is 1. The maximum absolute atomic E-state index is 11.8. The fraction of sp³-hybridized carbons (Fsp3) is 0.167. The van der Waals surface area contributed by atoms with Gasteiger partial charge in [-0.05, 0) is 12.1 Å². The number of carbonyl (C=O) groups is 1. The highest BCUT2D eigenvalue weighted by atomic mass is 19.4. The standard InChI is InChI=1S/C6H3F3O3/c7-6(8,9)4-2-1-3(12-4)5(10)11/h1-2H,(H,10,11)/p-1. The Morgan fingerprint density at radius 3 is 2.25 bits per heavy atom. The van der Waals surface area contributed by atoms with Gasteiger partial charge in [0.25, 0.3) is 0 Å². The summed E-state index contributed by atoms with van der Waals surface area (Å²) in [5.74, 6) is -3.95. The van der Waals surface area contributed by atoms with Gasteiger partial charge in [-0.15, -0.1) is 0 Å². The Morgan fingerprint density at radius 1 is 1.42 bits per heavy atom. The number of hydrogen-bond acceptors (Lipinski definition) is 3. The Balaban J connectivity index is 3.00. The first-order valence-electron chi connectivity index (χ1n) is 2.79. The second kappa shape index (κ2) is 2.54. The monoisotopic (exact) mass is 179 g/mol. The Hall–Kier alpha value is -1.46. The van der Waals surface area contributed by atoms with E-state index in [2.05, 4.69) is 4.42 Å². The average molecular weight is 179 g/mol. The normalized spacial score (nSPS) is 11.6. The minimum Gasteiger partial charge on any atom is -0.542 e. The van der Waals surface area contributed by atoms with Gasteiger partial charge in [0.05, 0.1) is 0 Å². The number of rotatable bonds is 1. The first-order valence-corrected chi connectivity index (χ1v) is 2.79.